The Labute approximate surface area is 264 Å². The summed E-state index contributed by atoms with van der Waals surface area (Å²) in [6.07, 6.45) is 16.3. The van der Waals surface area contributed by atoms with E-state index in [9.17, 15) is 0 Å². The molecule has 0 radical (unpaired) electrons. The molecule has 218 valence electrons. The second kappa shape index (κ2) is 11.6. The molecule has 0 saturated heterocycles. The quantitative estimate of drug-likeness (QED) is 0.206. The normalized spacial score (nSPS) is 15.0. The Hall–Kier alpha value is -5.41. The highest BCUT2D eigenvalue weighted by atomic mass is 14.8. The number of aromatic nitrogens is 2. The van der Waals surface area contributed by atoms with Gasteiger partial charge in [-0.05, 0) is 89.3 Å². The molecule has 6 aromatic rings. The van der Waals surface area contributed by atoms with Gasteiger partial charge in [-0.1, -0.05) is 115 Å². The molecule has 0 unspecified atom stereocenters. The molecule has 0 spiro atoms. The van der Waals surface area contributed by atoms with E-state index in [4.69, 9.17) is 10.7 Å². The molecule has 2 aliphatic carbocycles. The third-order valence-electron chi connectivity index (χ3n) is 9.30. The highest BCUT2D eigenvalue weighted by Gasteiger charge is 2.18. The monoisotopic (exact) mass is 581 g/mol. The minimum atomic E-state index is 0.867. The number of nitrogens with two attached hydrogens (primary N) is 1. The van der Waals surface area contributed by atoms with Crippen LogP contribution in [0.15, 0.2) is 156 Å². The van der Waals surface area contributed by atoms with Gasteiger partial charge in [0.1, 0.15) is 0 Å². The number of benzene rings is 4. The lowest BCUT2D eigenvalue weighted by atomic mass is 9.84. The van der Waals surface area contributed by atoms with E-state index >= 15 is 0 Å². The minimum absolute atomic E-state index is 0.867. The Kier molecular flexibility index (Phi) is 7.00. The Balaban J connectivity index is 1.08. The van der Waals surface area contributed by atoms with Gasteiger partial charge in [0.25, 0.3) is 0 Å². The van der Waals surface area contributed by atoms with Crippen LogP contribution in [-0.2, 0) is 6.42 Å². The number of nitrogens with zero attached hydrogens (tertiary/aromatic N) is 1. The first-order valence-electron chi connectivity index (χ1n) is 15.9. The van der Waals surface area contributed by atoms with Gasteiger partial charge < -0.3 is 10.7 Å². The van der Waals surface area contributed by atoms with Gasteiger partial charge >= 0.3 is 0 Å². The summed E-state index contributed by atoms with van der Waals surface area (Å²) in [6, 6.07) is 37.0. The molecule has 0 amide bonds. The molecule has 0 aliphatic heterocycles. The molecule has 45 heavy (non-hydrogen) atoms. The highest BCUT2D eigenvalue weighted by Crippen LogP contribution is 2.36. The number of fused-ring (bicyclic) bond motifs is 3. The molecule has 3 heteroatoms. The Bertz CT molecular complexity index is 2200. The van der Waals surface area contributed by atoms with Crippen LogP contribution < -0.4 is 5.73 Å². The zero-order valence-electron chi connectivity index (χ0n) is 25.3. The van der Waals surface area contributed by atoms with E-state index in [1.807, 2.05) is 6.20 Å². The maximum absolute atomic E-state index is 6.59. The van der Waals surface area contributed by atoms with Crippen molar-refractivity contribution in [3.63, 3.8) is 0 Å². The number of nitrogens with one attached hydrogen (secondary N) is 1. The van der Waals surface area contributed by atoms with Crippen LogP contribution in [0.4, 0.5) is 0 Å². The van der Waals surface area contributed by atoms with Crippen molar-refractivity contribution >= 4 is 21.8 Å². The van der Waals surface area contributed by atoms with Crippen LogP contribution in [0.25, 0.3) is 55.3 Å². The SMILES string of the molecule is NC1=C(/C=C\Cc2cccc(-c3ccccc3-c3cccc(-c4ccc5ccc6cc[nH]c6c5n4)c3)c2)CCC2=C1C=CCC2. The first-order chi connectivity index (χ1) is 22.2. The van der Waals surface area contributed by atoms with E-state index in [0.29, 0.717) is 0 Å². The van der Waals surface area contributed by atoms with Crippen LogP contribution in [0.5, 0.6) is 0 Å². The van der Waals surface area contributed by atoms with Crippen molar-refractivity contribution in [1.29, 1.82) is 0 Å². The number of H-pyrrole nitrogens is 1. The summed E-state index contributed by atoms with van der Waals surface area (Å²) < 4.78 is 0. The fourth-order valence-corrected chi connectivity index (χ4v) is 6.92. The van der Waals surface area contributed by atoms with Gasteiger partial charge in [0.2, 0.25) is 0 Å². The molecule has 0 atom stereocenters. The lowest BCUT2D eigenvalue weighted by molar-refractivity contribution is 0.799. The molecular weight excluding hydrogens is 546 g/mol. The Morgan fingerprint density at radius 2 is 1.51 bits per heavy atom. The van der Waals surface area contributed by atoms with Gasteiger partial charge in [0.15, 0.2) is 0 Å². The third kappa shape index (κ3) is 5.21. The molecule has 8 rings (SSSR count). The summed E-state index contributed by atoms with van der Waals surface area (Å²) in [6.45, 7) is 0. The molecule has 2 heterocycles. The first kappa shape index (κ1) is 27.2. The maximum atomic E-state index is 6.59. The summed E-state index contributed by atoms with van der Waals surface area (Å²) in [4.78, 5) is 8.48. The van der Waals surface area contributed by atoms with Crippen molar-refractivity contribution in [2.75, 3.05) is 0 Å². The zero-order valence-corrected chi connectivity index (χ0v) is 25.3. The largest absolute Gasteiger partial charge is 0.398 e. The van der Waals surface area contributed by atoms with Crippen molar-refractivity contribution in [1.82, 2.24) is 9.97 Å². The van der Waals surface area contributed by atoms with Crippen molar-refractivity contribution in [2.45, 2.75) is 32.1 Å². The van der Waals surface area contributed by atoms with E-state index in [1.165, 1.54) is 49.9 Å². The van der Waals surface area contributed by atoms with Gasteiger partial charge in [-0.3, -0.25) is 0 Å². The lowest BCUT2D eigenvalue weighted by Crippen LogP contribution is -2.12. The van der Waals surface area contributed by atoms with Crippen molar-refractivity contribution < 1.29 is 0 Å². The molecular formula is C42H35N3. The molecule has 3 N–H and O–H groups in total. The van der Waals surface area contributed by atoms with Crippen LogP contribution in [0.1, 0.15) is 31.2 Å². The third-order valence-corrected chi connectivity index (χ3v) is 9.30. The van der Waals surface area contributed by atoms with Gasteiger partial charge in [-0.25, -0.2) is 4.98 Å². The van der Waals surface area contributed by atoms with Crippen molar-refractivity contribution in [3.05, 3.63) is 162 Å². The second-order valence-corrected chi connectivity index (χ2v) is 12.1. The predicted octanol–water partition coefficient (Wildman–Crippen LogP) is 10.5. The van der Waals surface area contributed by atoms with Gasteiger partial charge in [0, 0.05) is 28.2 Å². The molecule has 2 aromatic heterocycles. The number of rotatable bonds is 6. The maximum Gasteiger partial charge on any atom is 0.0950 e. The zero-order chi connectivity index (χ0) is 30.2. The Morgan fingerprint density at radius 3 is 2.40 bits per heavy atom. The minimum Gasteiger partial charge on any atom is -0.398 e. The van der Waals surface area contributed by atoms with Crippen molar-refractivity contribution in [2.24, 2.45) is 5.73 Å². The van der Waals surface area contributed by atoms with Crippen LogP contribution in [0, 0.1) is 0 Å². The number of allylic oxidation sites excluding steroid dienone is 6. The van der Waals surface area contributed by atoms with Crippen LogP contribution >= 0.6 is 0 Å². The van der Waals surface area contributed by atoms with Gasteiger partial charge in [-0.2, -0.15) is 0 Å². The molecule has 0 saturated carbocycles. The average molecular weight is 582 g/mol. The van der Waals surface area contributed by atoms with Gasteiger partial charge in [0.05, 0.1) is 16.7 Å². The van der Waals surface area contributed by atoms with E-state index in [-0.39, 0.29) is 0 Å². The summed E-state index contributed by atoms with van der Waals surface area (Å²) >= 11 is 0. The lowest BCUT2D eigenvalue weighted by Gasteiger charge is -2.23. The summed E-state index contributed by atoms with van der Waals surface area (Å²) in [5.74, 6) is 0. The summed E-state index contributed by atoms with van der Waals surface area (Å²) in [5, 5.41) is 2.31. The molecule has 2 aliphatic rings. The number of hydrogen-bond acceptors (Lipinski definition) is 2. The summed E-state index contributed by atoms with van der Waals surface area (Å²) in [7, 11) is 0. The molecule has 0 fully saturated rings. The van der Waals surface area contributed by atoms with Crippen LogP contribution in [0.3, 0.4) is 0 Å². The molecule has 3 nitrogen and oxygen atoms in total. The highest BCUT2D eigenvalue weighted by molar-refractivity contribution is 6.03. The fraction of sp³-hybridized carbons (Fsp3) is 0.119. The average Bonchev–Trinajstić information content (AvgIpc) is 3.59. The van der Waals surface area contributed by atoms with E-state index in [2.05, 4.69) is 132 Å². The van der Waals surface area contributed by atoms with Crippen LogP contribution in [0.2, 0.25) is 0 Å². The first-order valence-corrected chi connectivity index (χ1v) is 15.9. The Morgan fingerprint density at radius 1 is 0.733 bits per heavy atom. The van der Waals surface area contributed by atoms with E-state index in [0.717, 1.165) is 65.5 Å². The predicted molar refractivity (Wildman–Crippen MR) is 189 cm³/mol. The smallest absolute Gasteiger partial charge is 0.0950 e. The van der Waals surface area contributed by atoms with Crippen molar-refractivity contribution in [3.8, 4) is 33.5 Å². The van der Waals surface area contributed by atoms with Gasteiger partial charge in [-0.15, -0.1) is 0 Å². The van der Waals surface area contributed by atoms with E-state index in [1.54, 1.807) is 0 Å². The van der Waals surface area contributed by atoms with Crippen LogP contribution in [-0.4, -0.2) is 9.97 Å². The standard InChI is InChI=1S/C42H35N3/c43-40-30(19-18-29-10-1-2-17-38(29)40)11-5-8-28-9-6-12-33(26-28)36-15-3-4-16-37(36)34-13-7-14-35(27-34)39-23-22-31-20-21-32-24-25-44-41(32)42(31)45-39/h2-7,9,11-17,20-27,44H,1,8,10,18-19,43H2/b11-5-. The summed E-state index contributed by atoms with van der Waals surface area (Å²) in [5.41, 5.74) is 21.9. The second-order valence-electron chi connectivity index (χ2n) is 12.1. The fourth-order valence-electron chi connectivity index (χ4n) is 6.92. The molecule has 4 aromatic carbocycles. The van der Waals surface area contributed by atoms with E-state index < -0.39 is 0 Å². The number of hydrogen-bond donors (Lipinski definition) is 2. The number of pyridine rings is 1. The number of aromatic amines is 1. The molecule has 0 bridgehead atoms. The topological polar surface area (TPSA) is 54.7 Å².